The van der Waals surface area contributed by atoms with Gasteiger partial charge < -0.3 is 15.7 Å². The number of carbonyl (C=O) groups excluding carboxylic acids is 2. The molecule has 1 aliphatic heterocycles. The van der Waals surface area contributed by atoms with Crippen LogP contribution in [0.3, 0.4) is 0 Å². The number of fused-ring (bicyclic) bond motifs is 1. The van der Waals surface area contributed by atoms with E-state index in [4.69, 9.17) is 0 Å². The molecule has 2 aromatic rings. The van der Waals surface area contributed by atoms with Crippen LogP contribution in [0.25, 0.3) is 0 Å². The molecule has 3 rings (SSSR count). The van der Waals surface area contributed by atoms with Crippen molar-refractivity contribution in [1.82, 2.24) is 5.32 Å². The summed E-state index contributed by atoms with van der Waals surface area (Å²) in [7, 11) is 0. The third kappa shape index (κ3) is 3.63. The summed E-state index contributed by atoms with van der Waals surface area (Å²) in [4.78, 5) is 24.2. The molecule has 5 heteroatoms. The number of anilines is 1. The van der Waals surface area contributed by atoms with Gasteiger partial charge in [0.2, 0.25) is 11.8 Å². The molecule has 3 N–H and O–H groups in total. The lowest BCUT2D eigenvalue weighted by atomic mass is 9.90. The lowest BCUT2D eigenvalue weighted by Crippen LogP contribution is -2.35. The second kappa shape index (κ2) is 7.27. The van der Waals surface area contributed by atoms with Gasteiger partial charge in [0.15, 0.2) is 0 Å². The second-order valence-electron chi connectivity index (χ2n) is 5.90. The summed E-state index contributed by atoms with van der Waals surface area (Å²) >= 11 is 0. The van der Waals surface area contributed by atoms with E-state index < -0.39 is 12.0 Å². The molecule has 2 atom stereocenters. The SMILES string of the molecule is O=C1CC(C(=O)NCCC(O)c2ccccc2)c2ccccc2N1. The fraction of sp³-hybridized carbons (Fsp3) is 0.263. The van der Waals surface area contributed by atoms with Crippen molar-refractivity contribution in [2.24, 2.45) is 0 Å². The Kier molecular flexibility index (Phi) is 4.91. The van der Waals surface area contributed by atoms with E-state index in [-0.39, 0.29) is 18.2 Å². The Labute approximate surface area is 140 Å². The van der Waals surface area contributed by atoms with Crippen LogP contribution >= 0.6 is 0 Å². The van der Waals surface area contributed by atoms with Gasteiger partial charge in [-0.05, 0) is 23.6 Å². The van der Waals surface area contributed by atoms with Gasteiger partial charge in [0, 0.05) is 18.7 Å². The minimum absolute atomic E-state index is 0.143. The molecule has 5 nitrogen and oxygen atoms in total. The Morgan fingerprint density at radius 2 is 1.88 bits per heavy atom. The Balaban J connectivity index is 1.59. The smallest absolute Gasteiger partial charge is 0.228 e. The highest BCUT2D eigenvalue weighted by molar-refractivity contribution is 6.01. The van der Waals surface area contributed by atoms with E-state index in [1.807, 2.05) is 48.5 Å². The molecular formula is C19H20N2O3. The molecular weight excluding hydrogens is 304 g/mol. The van der Waals surface area contributed by atoms with Gasteiger partial charge in [0.05, 0.1) is 12.0 Å². The minimum atomic E-state index is -0.617. The number of nitrogens with one attached hydrogen (secondary N) is 2. The largest absolute Gasteiger partial charge is 0.388 e. The summed E-state index contributed by atoms with van der Waals surface area (Å²) < 4.78 is 0. The van der Waals surface area contributed by atoms with Crippen LogP contribution in [0.1, 0.15) is 36.0 Å². The molecule has 2 aromatic carbocycles. The number of aliphatic hydroxyl groups excluding tert-OH is 1. The molecule has 0 saturated heterocycles. The highest BCUT2D eigenvalue weighted by Gasteiger charge is 2.30. The molecule has 124 valence electrons. The molecule has 0 aromatic heterocycles. The van der Waals surface area contributed by atoms with Gasteiger partial charge >= 0.3 is 0 Å². The third-order valence-corrected chi connectivity index (χ3v) is 4.22. The number of amides is 2. The average molecular weight is 324 g/mol. The molecule has 0 radical (unpaired) electrons. The maximum atomic E-state index is 12.5. The van der Waals surface area contributed by atoms with E-state index in [9.17, 15) is 14.7 Å². The molecule has 1 aliphatic rings. The predicted molar refractivity (Wildman–Crippen MR) is 91.5 cm³/mol. The first kappa shape index (κ1) is 16.2. The first-order valence-electron chi connectivity index (χ1n) is 8.04. The molecule has 2 amide bonds. The lowest BCUT2D eigenvalue weighted by molar-refractivity contribution is -0.126. The Morgan fingerprint density at radius 1 is 1.17 bits per heavy atom. The molecule has 2 unspecified atom stereocenters. The zero-order chi connectivity index (χ0) is 16.9. The molecule has 0 aliphatic carbocycles. The Bertz CT molecular complexity index is 730. The summed E-state index contributed by atoms with van der Waals surface area (Å²) in [6, 6.07) is 16.7. The van der Waals surface area contributed by atoms with Crippen molar-refractivity contribution in [3.8, 4) is 0 Å². The Morgan fingerprint density at radius 3 is 2.67 bits per heavy atom. The lowest BCUT2D eigenvalue weighted by Gasteiger charge is -2.25. The van der Waals surface area contributed by atoms with E-state index in [0.717, 1.165) is 11.1 Å². The minimum Gasteiger partial charge on any atom is -0.388 e. The fourth-order valence-corrected chi connectivity index (χ4v) is 2.94. The molecule has 1 heterocycles. The highest BCUT2D eigenvalue weighted by atomic mass is 16.3. The van der Waals surface area contributed by atoms with Gasteiger partial charge in [-0.15, -0.1) is 0 Å². The maximum Gasteiger partial charge on any atom is 0.228 e. The standard InChI is InChI=1S/C19H20N2O3/c22-17(13-6-2-1-3-7-13)10-11-20-19(24)15-12-18(23)21-16-9-5-4-8-14(15)16/h1-9,15,17,22H,10-12H2,(H,20,24)(H,21,23). The number of hydrogen-bond donors (Lipinski definition) is 3. The van der Waals surface area contributed by atoms with Gasteiger partial charge in [0.25, 0.3) is 0 Å². The summed E-state index contributed by atoms with van der Waals surface area (Å²) in [6.07, 6.45) is -0.0473. The van der Waals surface area contributed by atoms with Crippen molar-refractivity contribution in [1.29, 1.82) is 0 Å². The van der Waals surface area contributed by atoms with Crippen molar-refractivity contribution >= 4 is 17.5 Å². The van der Waals surface area contributed by atoms with Crippen molar-refractivity contribution in [2.75, 3.05) is 11.9 Å². The number of para-hydroxylation sites is 1. The first-order chi connectivity index (χ1) is 11.6. The van der Waals surface area contributed by atoms with Crippen LogP contribution in [0, 0.1) is 0 Å². The summed E-state index contributed by atoms with van der Waals surface area (Å²) in [5.74, 6) is -0.820. The van der Waals surface area contributed by atoms with Gasteiger partial charge in [-0.25, -0.2) is 0 Å². The summed E-state index contributed by atoms with van der Waals surface area (Å²) in [6.45, 7) is 0.356. The molecule has 0 saturated carbocycles. The molecule has 0 spiro atoms. The predicted octanol–water partition coefficient (Wildman–Crippen LogP) is 2.35. The normalized spacial score (nSPS) is 17.5. The van der Waals surface area contributed by atoms with Gasteiger partial charge in [-0.3, -0.25) is 9.59 Å². The number of aliphatic hydroxyl groups is 1. The van der Waals surface area contributed by atoms with Crippen LogP contribution in [0.2, 0.25) is 0 Å². The van der Waals surface area contributed by atoms with Crippen LogP contribution in [0.15, 0.2) is 54.6 Å². The van der Waals surface area contributed by atoms with Gasteiger partial charge in [-0.1, -0.05) is 48.5 Å². The fourth-order valence-electron chi connectivity index (χ4n) is 2.94. The zero-order valence-electron chi connectivity index (χ0n) is 13.2. The van der Waals surface area contributed by atoms with Crippen molar-refractivity contribution in [3.63, 3.8) is 0 Å². The van der Waals surface area contributed by atoms with Gasteiger partial charge in [0.1, 0.15) is 0 Å². The number of rotatable bonds is 5. The maximum absolute atomic E-state index is 12.5. The second-order valence-corrected chi connectivity index (χ2v) is 5.90. The summed E-state index contributed by atoms with van der Waals surface area (Å²) in [5, 5.41) is 15.7. The number of hydrogen-bond acceptors (Lipinski definition) is 3. The van der Waals surface area contributed by atoms with E-state index in [1.54, 1.807) is 6.07 Å². The quantitative estimate of drug-likeness (QED) is 0.790. The summed E-state index contributed by atoms with van der Waals surface area (Å²) in [5.41, 5.74) is 2.35. The average Bonchev–Trinajstić information content (AvgIpc) is 2.61. The number of benzene rings is 2. The topological polar surface area (TPSA) is 78.4 Å². The molecule has 0 bridgehead atoms. The Hall–Kier alpha value is -2.66. The number of carbonyl (C=O) groups is 2. The van der Waals surface area contributed by atoms with Crippen molar-refractivity contribution in [2.45, 2.75) is 24.9 Å². The molecule has 24 heavy (non-hydrogen) atoms. The van der Waals surface area contributed by atoms with Crippen molar-refractivity contribution in [3.05, 3.63) is 65.7 Å². The van der Waals surface area contributed by atoms with Crippen LogP contribution in [-0.4, -0.2) is 23.5 Å². The van der Waals surface area contributed by atoms with Crippen LogP contribution in [0.4, 0.5) is 5.69 Å². The van der Waals surface area contributed by atoms with E-state index in [0.29, 0.717) is 18.7 Å². The monoisotopic (exact) mass is 324 g/mol. The van der Waals surface area contributed by atoms with E-state index in [1.165, 1.54) is 0 Å². The van der Waals surface area contributed by atoms with Crippen LogP contribution < -0.4 is 10.6 Å². The van der Waals surface area contributed by atoms with E-state index in [2.05, 4.69) is 10.6 Å². The van der Waals surface area contributed by atoms with Crippen LogP contribution in [0.5, 0.6) is 0 Å². The zero-order valence-corrected chi connectivity index (χ0v) is 13.2. The first-order valence-corrected chi connectivity index (χ1v) is 8.04. The third-order valence-electron chi connectivity index (χ3n) is 4.22. The van der Waals surface area contributed by atoms with Crippen molar-refractivity contribution < 1.29 is 14.7 Å². The highest BCUT2D eigenvalue weighted by Crippen LogP contribution is 2.32. The van der Waals surface area contributed by atoms with Gasteiger partial charge in [-0.2, -0.15) is 0 Å². The van der Waals surface area contributed by atoms with Crippen LogP contribution in [-0.2, 0) is 9.59 Å². The molecule has 0 fully saturated rings. The van der Waals surface area contributed by atoms with E-state index >= 15 is 0 Å².